The molecule has 28 heavy (non-hydrogen) atoms. The van der Waals surface area contributed by atoms with Crippen molar-refractivity contribution >= 4 is 6.03 Å². The molecule has 0 bridgehead atoms. The van der Waals surface area contributed by atoms with Crippen molar-refractivity contribution < 1.29 is 9.53 Å². The van der Waals surface area contributed by atoms with E-state index in [0.29, 0.717) is 6.54 Å². The van der Waals surface area contributed by atoms with Crippen molar-refractivity contribution in [1.29, 1.82) is 0 Å². The van der Waals surface area contributed by atoms with E-state index in [-0.39, 0.29) is 0 Å². The molecule has 0 unspecified atom stereocenters. The van der Waals surface area contributed by atoms with Crippen molar-refractivity contribution in [2.24, 2.45) is 5.73 Å². The largest absolute Gasteiger partial charge is 0.496 e. The number of nitrogens with zero attached hydrogens (tertiary/aromatic N) is 2. The lowest BCUT2D eigenvalue weighted by atomic mass is 9.99. The van der Waals surface area contributed by atoms with E-state index in [1.165, 1.54) is 18.5 Å². The Hall–Kier alpha value is -2.57. The molecule has 0 atom stereocenters. The number of amides is 2. The third kappa shape index (κ3) is 5.47. The Balaban J connectivity index is 1.80. The van der Waals surface area contributed by atoms with Crippen molar-refractivity contribution in [3.63, 3.8) is 0 Å². The van der Waals surface area contributed by atoms with Crippen LogP contribution in [0.25, 0.3) is 11.1 Å². The first-order chi connectivity index (χ1) is 13.5. The maximum atomic E-state index is 11.0. The smallest absolute Gasteiger partial charge is 0.312 e. The van der Waals surface area contributed by atoms with E-state index in [2.05, 4.69) is 52.5 Å². The van der Waals surface area contributed by atoms with Gasteiger partial charge in [0.15, 0.2) is 0 Å². The van der Waals surface area contributed by atoms with Gasteiger partial charge >= 0.3 is 6.03 Å². The highest BCUT2D eigenvalue weighted by Gasteiger charge is 2.13. The van der Waals surface area contributed by atoms with Gasteiger partial charge in [0.2, 0.25) is 0 Å². The van der Waals surface area contributed by atoms with E-state index < -0.39 is 6.03 Å². The van der Waals surface area contributed by atoms with Gasteiger partial charge in [0, 0.05) is 31.7 Å². The number of hydrogen-bond donors (Lipinski definition) is 2. The highest BCUT2D eigenvalue weighted by molar-refractivity contribution is 5.73. The van der Waals surface area contributed by atoms with Crippen LogP contribution < -0.4 is 15.8 Å². The average molecular weight is 383 g/mol. The van der Waals surface area contributed by atoms with Crippen LogP contribution in [0.15, 0.2) is 42.5 Å². The molecule has 150 valence electrons. The molecule has 0 spiro atoms. The summed E-state index contributed by atoms with van der Waals surface area (Å²) in [5.74, 6) is 0.816. The molecule has 3 N–H and O–H groups in total. The maximum absolute atomic E-state index is 11.0. The fourth-order valence-electron chi connectivity index (χ4n) is 3.63. The van der Waals surface area contributed by atoms with Crippen LogP contribution in [0.2, 0.25) is 0 Å². The van der Waals surface area contributed by atoms with Gasteiger partial charge in [0.05, 0.1) is 7.11 Å². The number of primary amides is 1. The third-order valence-corrected chi connectivity index (χ3v) is 5.19. The Morgan fingerprint density at radius 3 is 2.75 bits per heavy atom. The molecule has 0 aromatic heterocycles. The van der Waals surface area contributed by atoms with Crippen molar-refractivity contribution in [3.05, 3.63) is 53.6 Å². The molecular weight excluding hydrogens is 352 g/mol. The first-order valence-electron chi connectivity index (χ1n) is 9.75. The molecule has 3 rings (SSSR count). The number of hydrogen-bond acceptors (Lipinski definition) is 4. The summed E-state index contributed by atoms with van der Waals surface area (Å²) in [5.41, 5.74) is 9.60. The number of rotatable bonds is 6. The van der Waals surface area contributed by atoms with Gasteiger partial charge in [-0.1, -0.05) is 24.3 Å². The fourth-order valence-corrected chi connectivity index (χ4v) is 3.63. The Morgan fingerprint density at radius 1 is 1.11 bits per heavy atom. The molecule has 2 aromatic rings. The van der Waals surface area contributed by atoms with Crippen LogP contribution in [0, 0.1) is 0 Å². The van der Waals surface area contributed by atoms with Gasteiger partial charge in [-0.05, 0) is 61.4 Å². The molecule has 1 aliphatic heterocycles. The van der Waals surface area contributed by atoms with Gasteiger partial charge in [0.25, 0.3) is 0 Å². The molecule has 1 saturated heterocycles. The van der Waals surface area contributed by atoms with Crippen LogP contribution in [0.4, 0.5) is 4.79 Å². The maximum Gasteiger partial charge on any atom is 0.312 e. The second-order valence-electron chi connectivity index (χ2n) is 7.39. The standard InChI is InChI=1S/C22H30N4O2/c1-25-9-4-10-26(12-11-25)16-18-5-3-6-19(13-18)20-14-17(15-24-22(23)27)7-8-21(20)28-2/h3,5-8,13-14H,4,9-12,15-16H2,1-2H3,(H3,23,24,27). The summed E-state index contributed by atoms with van der Waals surface area (Å²) in [6, 6.07) is 14.0. The highest BCUT2D eigenvalue weighted by atomic mass is 16.5. The summed E-state index contributed by atoms with van der Waals surface area (Å²) in [7, 11) is 3.87. The molecule has 1 heterocycles. The van der Waals surface area contributed by atoms with E-state index in [1.807, 2.05) is 12.1 Å². The number of methoxy groups -OCH3 is 1. The number of carbonyl (C=O) groups is 1. The summed E-state index contributed by atoms with van der Waals surface area (Å²) in [5, 5.41) is 2.64. The molecular formula is C22H30N4O2. The Kier molecular flexibility index (Phi) is 6.90. The quantitative estimate of drug-likeness (QED) is 0.806. The molecule has 1 fully saturated rings. The first-order valence-corrected chi connectivity index (χ1v) is 9.75. The number of benzene rings is 2. The van der Waals surface area contributed by atoms with Crippen LogP contribution in [0.1, 0.15) is 17.5 Å². The molecule has 6 heteroatoms. The summed E-state index contributed by atoms with van der Waals surface area (Å²) in [4.78, 5) is 15.9. The minimum Gasteiger partial charge on any atom is -0.496 e. The van der Waals surface area contributed by atoms with Gasteiger partial charge in [0.1, 0.15) is 5.75 Å². The van der Waals surface area contributed by atoms with E-state index in [9.17, 15) is 4.79 Å². The number of nitrogens with one attached hydrogen (secondary N) is 1. The van der Waals surface area contributed by atoms with Crippen molar-refractivity contribution in [2.75, 3.05) is 40.3 Å². The van der Waals surface area contributed by atoms with Gasteiger partial charge in [-0.2, -0.15) is 0 Å². The number of likely N-dealkylation sites (N-methyl/N-ethyl adjacent to an activating group) is 1. The zero-order valence-corrected chi connectivity index (χ0v) is 16.8. The third-order valence-electron chi connectivity index (χ3n) is 5.19. The zero-order chi connectivity index (χ0) is 19.9. The van der Waals surface area contributed by atoms with Gasteiger partial charge in [-0.25, -0.2) is 4.79 Å². The topological polar surface area (TPSA) is 70.8 Å². The minimum atomic E-state index is -0.525. The SMILES string of the molecule is COc1ccc(CNC(N)=O)cc1-c1cccc(CN2CCCN(C)CC2)c1. The molecule has 0 saturated carbocycles. The molecule has 2 amide bonds. The molecule has 1 aliphatic rings. The highest BCUT2D eigenvalue weighted by Crippen LogP contribution is 2.31. The second kappa shape index (κ2) is 9.57. The minimum absolute atomic E-state index is 0.396. The number of carbonyl (C=O) groups excluding carboxylic acids is 1. The zero-order valence-electron chi connectivity index (χ0n) is 16.8. The summed E-state index contributed by atoms with van der Waals surface area (Å²) in [6.07, 6.45) is 1.21. The summed E-state index contributed by atoms with van der Waals surface area (Å²) >= 11 is 0. The molecule has 2 aromatic carbocycles. The summed E-state index contributed by atoms with van der Waals surface area (Å²) in [6.45, 7) is 5.85. The van der Waals surface area contributed by atoms with E-state index in [4.69, 9.17) is 10.5 Å². The van der Waals surface area contributed by atoms with Crippen molar-refractivity contribution in [1.82, 2.24) is 15.1 Å². The van der Waals surface area contributed by atoms with Crippen LogP contribution in [-0.2, 0) is 13.1 Å². The van der Waals surface area contributed by atoms with Gasteiger partial charge < -0.3 is 20.7 Å². The summed E-state index contributed by atoms with van der Waals surface area (Å²) < 4.78 is 5.57. The van der Waals surface area contributed by atoms with Crippen LogP contribution >= 0.6 is 0 Å². The predicted molar refractivity (Wildman–Crippen MR) is 112 cm³/mol. The lowest BCUT2D eigenvalue weighted by Crippen LogP contribution is -2.28. The van der Waals surface area contributed by atoms with E-state index in [0.717, 1.165) is 48.6 Å². The second-order valence-corrected chi connectivity index (χ2v) is 7.39. The fraction of sp³-hybridized carbons (Fsp3) is 0.409. The number of urea groups is 1. The Morgan fingerprint density at radius 2 is 1.96 bits per heavy atom. The predicted octanol–water partition coefficient (Wildman–Crippen LogP) is 2.67. The Labute approximate surface area is 167 Å². The van der Waals surface area contributed by atoms with Crippen LogP contribution in [0.3, 0.4) is 0 Å². The normalized spacial score (nSPS) is 15.8. The Bertz CT molecular complexity index is 809. The lowest BCUT2D eigenvalue weighted by Gasteiger charge is -2.20. The van der Waals surface area contributed by atoms with Crippen molar-refractivity contribution in [3.8, 4) is 16.9 Å². The van der Waals surface area contributed by atoms with Gasteiger partial charge in [-0.15, -0.1) is 0 Å². The number of ether oxygens (including phenoxy) is 1. The van der Waals surface area contributed by atoms with Crippen LogP contribution in [-0.4, -0.2) is 56.2 Å². The van der Waals surface area contributed by atoms with Crippen LogP contribution in [0.5, 0.6) is 5.75 Å². The number of nitrogens with two attached hydrogens (primary N) is 1. The average Bonchev–Trinajstić information content (AvgIpc) is 2.90. The molecule has 0 radical (unpaired) electrons. The molecule has 0 aliphatic carbocycles. The van der Waals surface area contributed by atoms with E-state index in [1.54, 1.807) is 7.11 Å². The first kappa shape index (κ1) is 20.2. The lowest BCUT2D eigenvalue weighted by molar-refractivity contribution is 0.248. The molecule has 6 nitrogen and oxygen atoms in total. The monoisotopic (exact) mass is 382 g/mol. The van der Waals surface area contributed by atoms with Crippen molar-refractivity contribution in [2.45, 2.75) is 19.5 Å². The van der Waals surface area contributed by atoms with E-state index >= 15 is 0 Å². The van der Waals surface area contributed by atoms with Gasteiger partial charge in [-0.3, -0.25) is 4.90 Å².